The van der Waals surface area contributed by atoms with Crippen LogP contribution in [0.3, 0.4) is 0 Å². The second-order valence-corrected chi connectivity index (χ2v) is 6.93. The van der Waals surface area contributed by atoms with Gasteiger partial charge in [-0.05, 0) is 31.5 Å². The molecule has 2 aromatic rings. The molecule has 30 heavy (non-hydrogen) atoms. The number of H-pyrrole nitrogens is 1. The summed E-state index contributed by atoms with van der Waals surface area (Å²) in [4.78, 5) is 29.7. The Morgan fingerprint density at radius 1 is 1.33 bits per heavy atom. The largest absolute Gasteiger partial charge is 0.496 e. The number of nitriles is 2. The van der Waals surface area contributed by atoms with Crippen molar-refractivity contribution in [1.29, 1.82) is 10.5 Å². The maximum atomic E-state index is 13.0. The number of anilines is 1. The molecular formula is C22H20N4O4. The van der Waals surface area contributed by atoms with Crippen molar-refractivity contribution in [2.24, 2.45) is 0 Å². The van der Waals surface area contributed by atoms with Crippen molar-refractivity contribution in [3.8, 4) is 17.9 Å². The van der Waals surface area contributed by atoms with Crippen LogP contribution in [0.2, 0.25) is 0 Å². The number of carbonyl (C=O) groups is 1. The van der Waals surface area contributed by atoms with Gasteiger partial charge in [-0.3, -0.25) is 4.79 Å². The topological polar surface area (TPSA) is 130 Å². The summed E-state index contributed by atoms with van der Waals surface area (Å²) in [5.41, 5.74) is 2.52. The molecule has 152 valence electrons. The number of aryl methyl sites for hydroxylation is 1. The number of ether oxygens (including phenoxy) is 1. The van der Waals surface area contributed by atoms with Gasteiger partial charge < -0.3 is 19.7 Å². The number of hydrogen-bond acceptors (Lipinski definition) is 6. The van der Waals surface area contributed by atoms with Crippen LogP contribution in [0.4, 0.5) is 5.69 Å². The van der Waals surface area contributed by atoms with Crippen LogP contribution in [0.25, 0.3) is 0 Å². The molecule has 0 fully saturated rings. The molecule has 1 aromatic carbocycles. The molecule has 0 saturated heterocycles. The highest BCUT2D eigenvalue weighted by Gasteiger charge is 2.39. The number of pyridine rings is 1. The number of hydrogen-bond donors (Lipinski definition) is 2. The predicted molar refractivity (Wildman–Crippen MR) is 109 cm³/mol. The Labute approximate surface area is 173 Å². The predicted octanol–water partition coefficient (Wildman–Crippen LogP) is 2.79. The van der Waals surface area contributed by atoms with E-state index in [4.69, 9.17) is 10.00 Å². The molecule has 0 bridgehead atoms. The van der Waals surface area contributed by atoms with Crippen molar-refractivity contribution in [1.82, 2.24) is 4.98 Å². The molecule has 8 nitrogen and oxygen atoms in total. The van der Waals surface area contributed by atoms with Gasteiger partial charge >= 0.3 is 5.97 Å². The van der Waals surface area contributed by atoms with Crippen molar-refractivity contribution in [2.75, 3.05) is 18.6 Å². The van der Waals surface area contributed by atoms with Gasteiger partial charge in [0.25, 0.3) is 5.56 Å². The van der Waals surface area contributed by atoms with Crippen molar-refractivity contribution >= 4 is 11.7 Å². The summed E-state index contributed by atoms with van der Waals surface area (Å²) in [6.07, 6.45) is 1.74. The number of benzene rings is 1. The fraction of sp³-hybridized carbons (Fsp3) is 0.273. The molecule has 0 aliphatic carbocycles. The summed E-state index contributed by atoms with van der Waals surface area (Å²) in [5, 5.41) is 28.3. The van der Waals surface area contributed by atoms with Crippen LogP contribution in [0.15, 0.2) is 40.5 Å². The van der Waals surface area contributed by atoms with Gasteiger partial charge in [0, 0.05) is 24.0 Å². The lowest BCUT2D eigenvalue weighted by Gasteiger charge is -2.37. The monoisotopic (exact) mass is 404 g/mol. The van der Waals surface area contributed by atoms with E-state index in [9.17, 15) is 20.0 Å². The third kappa shape index (κ3) is 3.29. The first-order valence-corrected chi connectivity index (χ1v) is 9.24. The number of fused-ring (bicyclic) bond motifs is 1. The second-order valence-electron chi connectivity index (χ2n) is 6.93. The number of nitrogens with zero attached hydrogens (tertiary/aromatic N) is 3. The standard InChI is InChI=1S/C22H20N4O4/c1-12-11-25-21(27)19-18(15-6-5-14(10-24)9-16(15)30-3)17(22(28)29)13(2)26(20(12)19)8-4-7-23/h5-6,9,11,18H,4,8H2,1-3H3,(H,25,27)(H,28,29)/t18-/m1/s1. The quantitative estimate of drug-likeness (QED) is 0.783. The first kappa shape index (κ1) is 20.7. The summed E-state index contributed by atoms with van der Waals surface area (Å²) in [6, 6.07) is 8.81. The lowest BCUT2D eigenvalue weighted by Crippen LogP contribution is -2.37. The highest BCUT2D eigenvalue weighted by molar-refractivity contribution is 5.94. The Balaban J connectivity index is 2.41. The lowest BCUT2D eigenvalue weighted by atomic mass is 9.79. The Morgan fingerprint density at radius 3 is 2.67 bits per heavy atom. The van der Waals surface area contributed by atoms with Gasteiger partial charge in [-0.1, -0.05) is 6.07 Å². The molecule has 1 atom stereocenters. The summed E-state index contributed by atoms with van der Waals surface area (Å²) >= 11 is 0. The van der Waals surface area contributed by atoms with Crippen LogP contribution in [-0.2, 0) is 4.79 Å². The number of aromatic amines is 1. The van der Waals surface area contributed by atoms with Gasteiger partial charge in [0.1, 0.15) is 5.75 Å². The highest BCUT2D eigenvalue weighted by Crippen LogP contribution is 2.46. The number of carboxylic acid groups (broad SMARTS) is 1. The average Bonchev–Trinajstić information content (AvgIpc) is 2.74. The third-order valence-electron chi connectivity index (χ3n) is 5.29. The fourth-order valence-corrected chi connectivity index (χ4v) is 3.98. The second kappa shape index (κ2) is 8.14. The van der Waals surface area contributed by atoms with E-state index < -0.39 is 17.4 Å². The summed E-state index contributed by atoms with van der Waals surface area (Å²) < 4.78 is 5.45. The minimum atomic E-state index is -1.17. The van der Waals surface area contributed by atoms with Gasteiger partial charge in [-0.2, -0.15) is 10.5 Å². The number of aromatic nitrogens is 1. The van der Waals surface area contributed by atoms with Crippen molar-refractivity contribution < 1.29 is 14.6 Å². The summed E-state index contributed by atoms with van der Waals surface area (Å²) in [5.74, 6) is -1.75. The third-order valence-corrected chi connectivity index (χ3v) is 5.29. The number of nitrogens with one attached hydrogen (secondary N) is 1. The van der Waals surface area contributed by atoms with Gasteiger partial charge in [-0.25, -0.2) is 4.79 Å². The van der Waals surface area contributed by atoms with Crippen LogP contribution in [0.1, 0.15) is 41.5 Å². The number of methoxy groups -OCH3 is 1. The van der Waals surface area contributed by atoms with E-state index in [-0.39, 0.29) is 24.1 Å². The maximum absolute atomic E-state index is 13.0. The lowest BCUT2D eigenvalue weighted by molar-refractivity contribution is -0.133. The average molecular weight is 404 g/mol. The molecule has 2 N–H and O–H groups in total. The van der Waals surface area contributed by atoms with Gasteiger partial charge in [-0.15, -0.1) is 0 Å². The van der Waals surface area contributed by atoms with E-state index in [0.717, 1.165) is 5.56 Å². The van der Waals surface area contributed by atoms with Crippen molar-refractivity contribution in [3.05, 3.63) is 68.3 Å². The molecule has 0 unspecified atom stereocenters. The zero-order valence-electron chi connectivity index (χ0n) is 16.8. The minimum absolute atomic E-state index is 0.0274. The fourth-order valence-electron chi connectivity index (χ4n) is 3.98. The number of allylic oxidation sites excluding steroid dienone is 1. The molecule has 1 aromatic heterocycles. The molecule has 1 aliphatic rings. The Kier molecular flexibility index (Phi) is 5.61. The Hall–Kier alpha value is -4.04. The van der Waals surface area contributed by atoms with Crippen molar-refractivity contribution in [2.45, 2.75) is 26.2 Å². The van der Waals surface area contributed by atoms with Crippen LogP contribution in [0, 0.1) is 29.6 Å². The van der Waals surface area contributed by atoms with Crippen LogP contribution >= 0.6 is 0 Å². The summed E-state index contributed by atoms with van der Waals surface area (Å²) in [7, 11) is 1.43. The normalized spacial score (nSPS) is 15.2. The van der Waals surface area contributed by atoms with Crippen LogP contribution in [0.5, 0.6) is 5.75 Å². The molecule has 0 spiro atoms. The Morgan fingerprint density at radius 2 is 2.07 bits per heavy atom. The molecular weight excluding hydrogens is 384 g/mol. The molecule has 2 heterocycles. The molecule has 0 amide bonds. The van der Waals surface area contributed by atoms with E-state index in [0.29, 0.717) is 28.3 Å². The maximum Gasteiger partial charge on any atom is 0.334 e. The molecule has 3 rings (SSSR count). The highest BCUT2D eigenvalue weighted by atomic mass is 16.5. The van der Waals surface area contributed by atoms with Gasteiger partial charge in [0.05, 0.1) is 54.0 Å². The first-order chi connectivity index (χ1) is 14.3. The zero-order valence-corrected chi connectivity index (χ0v) is 16.8. The molecule has 8 heteroatoms. The van der Waals surface area contributed by atoms with E-state index >= 15 is 0 Å². The SMILES string of the molecule is COc1cc(C#N)ccc1[C@@H]1C(C(=O)O)=C(C)N(CCC#N)c2c(C)c[nH]c(=O)c21. The number of aliphatic carboxylic acids is 1. The van der Waals surface area contributed by atoms with Crippen LogP contribution < -0.4 is 15.2 Å². The molecule has 1 aliphatic heterocycles. The van der Waals surface area contributed by atoms with E-state index in [1.54, 1.807) is 30.2 Å². The van der Waals surface area contributed by atoms with Gasteiger partial charge in [0.2, 0.25) is 0 Å². The smallest absolute Gasteiger partial charge is 0.334 e. The van der Waals surface area contributed by atoms with Crippen LogP contribution in [-0.4, -0.2) is 29.7 Å². The molecule has 0 radical (unpaired) electrons. The Bertz CT molecular complexity index is 1200. The summed E-state index contributed by atoms with van der Waals surface area (Å²) in [6.45, 7) is 3.75. The van der Waals surface area contributed by atoms with Gasteiger partial charge in [0.15, 0.2) is 0 Å². The first-order valence-electron chi connectivity index (χ1n) is 9.24. The number of carboxylic acids is 1. The van der Waals surface area contributed by atoms with E-state index in [2.05, 4.69) is 11.1 Å². The molecule has 0 saturated carbocycles. The number of rotatable bonds is 5. The van der Waals surface area contributed by atoms with E-state index in [1.165, 1.54) is 13.2 Å². The van der Waals surface area contributed by atoms with Crippen molar-refractivity contribution in [3.63, 3.8) is 0 Å². The zero-order chi connectivity index (χ0) is 22.0. The van der Waals surface area contributed by atoms with E-state index in [1.807, 2.05) is 13.0 Å². The minimum Gasteiger partial charge on any atom is -0.496 e.